The smallest absolute Gasteiger partial charge is 0.224 e. The van der Waals surface area contributed by atoms with E-state index in [2.05, 4.69) is 38.8 Å². The molecular weight excluding hydrogens is 318 g/mol. The molecule has 0 radical (unpaired) electrons. The van der Waals surface area contributed by atoms with E-state index >= 15 is 0 Å². The van der Waals surface area contributed by atoms with Gasteiger partial charge in [0.1, 0.15) is 10.8 Å². The Balaban J connectivity index is 1.65. The van der Waals surface area contributed by atoms with Crippen LogP contribution in [0.3, 0.4) is 0 Å². The van der Waals surface area contributed by atoms with Gasteiger partial charge in [0, 0.05) is 24.5 Å². The molecule has 24 heavy (non-hydrogen) atoms. The second kappa shape index (κ2) is 6.25. The van der Waals surface area contributed by atoms with Gasteiger partial charge in [-0.15, -0.1) is 11.3 Å². The van der Waals surface area contributed by atoms with Crippen LogP contribution in [0.5, 0.6) is 0 Å². The summed E-state index contributed by atoms with van der Waals surface area (Å²) in [6.07, 6.45) is 1.72. The summed E-state index contributed by atoms with van der Waals surface area (Å²) in [5.41, 5.74) is 3.09. The molecule has 0 saturated carbocycles. The summed E-state index contributed by atoms with van der Waals surface area (Å²) in [4.78, 5) is 13.2. The number of nitrogens with one attached hydrogen (secondary N) is 2. The van der Waals surface area contributed by atoms with Crippen LogP contribution in [-0.2, 0) is 0 Å². The molecule has 118 valence electrons. The number of hydrogen-bond acceptors (Lipinski definition) is 6. The summed E-state index contributed by atoms with van der Waals surface area (Å²) in [7, 11) is 1.80. The molecule has 4 rings (SSSR count). The Morgan fingerprint density at radius 2 is 1.88 bits per heavy atom. The van der Waals surface area contributed by atoms with Gasteiger partial charge in [0.15, 0.2) is 0 Å². The van der Waals surface area contributed by atoms with Gasteiger partial charge in [-0.25, -0.2) is 9.97 Å². The lowest BCUT2D eigenvalue weighted by molar-refractivity contribution is 1.15. The van der Waals surface area contributed by atoms with Crippen LogP contribution in [0.25, 0.3) is 20.8 Å². The Kier molecular flexibility index (Phi) is 3.80. The van der Waals surface area contributed by atoms with Gasteiger partial charge in [-0.2, -0.15) is 4.98 Å². The third kappa shape index (κ3) is 2.91. The zero-order valence-electron chi connectivity index (χ0n) is 13.0. The lowest BCUT2D eigenvalue weighted by Crippen LogP contribution is -1.99. The predicted octanol–water partition coefficient (Wildman–Crippen LogP) is 4.54. The number of hydrogen-bond donors (Lipinski definition) is 2. The van der Waals surface area contributed by atoms with E-state index < -0.39 is 0 Å². The molecule has 0 aliphatic carbocycles. The summed E-state index contributed by atoms with van der Waals surface area (Å²) in [6, 6.07) is 18.2. The van der Waals surface area contributed by atoms with Gasteiger partial charge in [0.05, 0.1) is 10.2 Å². The normalized spacial score (nSPS) is 10.7. The van der Waals surface area contributed by atoms with Crippen molar-refractivity contribution in [1.82, 2.24) is 15.0 Å². The van der Waals surface area contributed by atoms with E-state index in [0.29, 0.717) is 5.95 Å². The molecule has 0 spiro atoms. The number of thiazole rings is 1. The molecule has 0 amide bonds. The minimum Gasteiger partial charge on any atom is -0.357 e. The van der Waals surface area contributed by atoms with Crippen LogP contribution in [0.4, 0.5) is 17.5 Å². The van der Waals surface area contributed by atoms with Gasteiger partial charge < -0.3 is 10.6 Å². The molecule has 6 heteroatoms. The highest BCUT2D eigenvalue weighted by Gasteiger charge is 2.07. The van der Waals surface area contributed by atoms with Gasteiger partial charge in [0.2, 0.25) is 5.95 Å². The third-order valence-corrected chi connectivity index (χ3v) is 4.64. The lowest BCUT2D eigenvalue weighted by Gasteiger charge is -2.07. The maximum absolute atomic E-state index is 4.71. The number of rotatable bonds is 4. The molecule has 0 saturated heterocycles. The van der Waals surface area contributed by atoms with Gasteiger partial charge in [-0.3, -0.25) is 0 Å². The zero-order valence-corrected chi connectivity index (χ0v) is 13.8. The van der Waals surface area contributed by atoms with Crippen LogP contribution in [0.15, 0.2) is 60.8 Å². The van der Waals surface area contributed by atoms with E-state index in [1.165, 1.54) is 4.70 Å². The molecule has 4 aromatic rings. The Morgan fingerprint density at radius 3 is 2.75 bits per heavy atom. The van der Waals surface area contributed by atoms with E-state index in [0.717, 1.165) is 27.6 Å². The van der Waals surface area contributed by atoms with E-state index in [1.807, 2.05) is 36.4 Å². The summed E-state index contributed by atoms with van der Waals surface area (Å²) >= 11 is 1.70. The predicted molar refractivity (Wildman–Crippen MR) is 99.9 cm³/mol. The fraction of sp³-hybridized carbons (Fsp3) is 0.0556. The second-order valence-electron chi connectivity index (χ2n) is 5.21. The van der Waals surface area contributed by atoms with Crippen molar-refractivity contribution < 1.29 is 0 Å². The van der Waals surface area contributed by atoms with Gasteiger partial charge in [-0.05, 0) is 30.3 Å². The molecule has 2 aromatic heterocycles. The lowest BCUT2D eigenvalue weighted by atomic mass is 10.2. The highest BCUT2D eigenvalue weighted by molar-refractivity contribution is 7.21. The van der Waals surface area contributed by atoms with Crippen LogP contribution in [0.1, 0.15) is 0 Å². The quantitative estimate of drug-likeness (QED) is 0.574. The van der Waals surface area contributed by atoms with E-state index in [9.17, 15) is 0 Å². The van der Waals surface area contributed by atoms with E-state index in [-0.39, 0.29) is 0 Å². The minimum absolute atomic E-state index is 0.585. The maximum Gasteiger partial charge on any atom is 0.224 e. The fourth-order valence-electron chi connectivity index (χ4n) is 2.42. The highest BCUT2D eigenvalue weighted by Crippen LogP contribution is 2.31. The standard InChI is InChI=1S/C18H15N5S/c1-19-18-20-10-9-16(23-18)21-13-6-4-5-12(11-13)17-22-14-7-2-3-8-15(14)24-17/h2-11H,1H3,(H2,19,20,21,23). The maximum atomic E-state index is 4.71. The summed E-state index contributed by atoms with van der Waals surface area (Å²) < 4.78 is 1.19. The molecule has 5 nitrogen and oxygen atoms in total. The summed E-state index contributed by atoms with van der Waals surface area (Å²) in [5.74, 6) is 1.33. The number of aromatic nitrogens is 3. The molecule has 2 aromatic carbocycles. The Hall–Kier alpha value is -2.99. The van der Waals surface area contributed by atoms with Gasteiger partial charge in [-0.1, -0.05) is 24.3 Å². The molecule has 2 N–H and O–H groups in total. The molecule has 0 aliphatic heterocycles. The van der Waals surface area contributed by atoms with Gasteiger partial charge >= 0.3 is 0 Å². The number of para-hydroxylation sites is 1. The third-order valence-electron chi connectivity index (χ3n) is 3.55. The van der Waals surface area contributed by atoms with Crippen molar-refractivity contribution in [3.63, 3.8) is 0 Å². The number of anilines is 3. The van der Waals surface area contributed by atoms with Crippen LogP contribution in [0, 0.1) is 0 Å². The monoisotopic (exact) mass is 333 g/mol. The van der Waals surface area contributed by atoms with Crippen molar-refractivity contribution in [3.05, 3.63) is 60.8 Å². The number of nitrogens with zero attached hydrogens (tertiary/aromatic N) is 3. The molecule has 0 fully saturated rings. The first-order valence-corrected chi connectivity index (χ1v) is 8.37. The largest absolute Gasteiger partial charge is 0.357 e. The van der Waals surface area contributed by atoms with E-state index in [4.69, 9.17) is 4.98 Å². The van der Waals surface area contributed by atoms with Crippen molar-refractivity contribution in [2.45, 2.75) is 0 Å². The van der Waals surface area contributed by atoms with Crippen molar-refractivity contribution >= 4 is 39.0 Å². The average molecular weight is 333 g/mol. The van der Waals surface area contributed by atoms with Crippen molar-refractivity contribution in [1.29, 1.82) is 0 Å². The SMILES string of the molecule is CNc1nccc(Nc2cccc(-c3nc4ccccc4s3)c2)n1. The van der Waals surface area contributed by atoms with Crippen molar-refractivity contribution in [2.24, 2.45) is 0 Å². The molecule has 2 heterocycles. The number of fused-ring (bicyclic) bond motifs is 1. The average Bonchev–Trinajstić information content (AvgIpc) is 3.06. The molecule has 0 unspecified atom stereocenters. The molecule has 0 bridgehead atoms. The summed E-state index contributed by atoms with van der Waals surface area (Å²) in [5, 5.41) is 7.26. The molecule has 0 aliphatic rings. The van der Waals surface area contributed by atoms with Crippen LogP contribution < -0.4 is 10.6 Å². The zero-order chi connectivity index (χ0) is 16.4. The van der Waals surface area contributed by atoms with Crippen LogP contribution in [0.2, 0.25) is 0 Å². The first-order valence-electron chi connectivity index (χ1n) is 7.56. The molecular formula is C18H15N5S. The van der Waals surface area contributed by atoms with Crippen LogP contribution >= 0.6 is 11.3 Å². The van der Waals surface area contributed by atoms with Gasteiger partial charge in [0.25, 0.3) is 0 Å². The first-order chi connectivity index (χ1) is 11.8. The first kappa shape index (κ1) is 14.6. The Labute approximate surface area is 143 Å². The highest BCUT2D eigenvalue weighted by atomic mass is 32.1. The van der Waals surface area contributed by atoms with E-state index in [1.54, 1.807) is 24.6 Å². The Morgan fingerprint density at radius 1 is 0.958 bits per heavy atom. The minimum atomic E-state index is 0.585. The van der Waals surface area contributed by atoms with Crippen molar-refractivity contribution in [3.8, 4) is 10.6 Å². The topological polar surface area (TPSA) is 62.7 Å². The second-order valence-corrected chi connectivity index (χ2v) is 6.24. The summed E-state index contributed by atoms with van der Waals surface area (Å²) in [6.45, 7) is 0. The van der Waals surface area contributed by atoms with Crippen LogP contribution in [-0.4, -0.2) is 22.0 Å². The molecule has 0 atom stereocenters. The number of benzene rings is 2. The Bertz CT molecular complexity index is 962. The van der Waals surface area contributed by atoms with Crippen molar-refractivity contribution in [2.75, 3.05) is 17.7 Å². The fourth-order valence-corrected chi connectivity index (χ4v) is 3.38.